The van der Waals surface area contributed by atoms with Gasteiger partial charge in [-0.25, -0.2) is 0 Å². The van der Waals surface area contributed by atoms with Gasteiger partial charge in [-0.2, -0.15) is 0 Å². The minimum atomic E-state index is 0.854. The third-order valence-electron chi connectivity index (χ3n) is 3.68. The van der Waals surface area contributed by atoms with E-state index in [1.807, 2.05) is 11.3 Å². The number of nitrogens with one attached hydrogen (secondary N) is 1. The molecule has 1 aromatic rings. The summed E-state index contributed by atoms with van der Waals surface area (Å²) in [5.41, 5.74) is 1.63. The molecule has 0 aromatic carbocycles. The van der Waals surface area contributed by atoms with E-state index >= 15 is 0 Å². The monoisotopic (exact) mass is 237 g/mol. The molecule has 0 spiro atoms. The van der Waals surface area contributed by atoms with Gasteiger partial charge in [0, 0.05) is 16.3 Å². The molecule has 0 fully saturated rings. The van der Waals surface area contributed by atoms with Gasteiger partial charge in [-0.3, -0.25) is 0 Å². The largest absolute Gasteiger partial charge is 0.312 e. The van der Waals surface area contributed by atoms with Crippen LogP contribution >= 0.6 is 11.3 Å². The zero-order chi connectivity index (χ0) is 11.4. The van der Waals surface area contributed by atoms with Crippen molar-refractivity contribution in [1.82, 2.24) is 5.32 Å². The predicted molar refractivity (Wildman–Crippen MR) is 72.1 cm³/mol. The molecular formula is C14H23NS. The van der Waals surface area contributed by atoms with E-state index in [0.717, 1.165) is 12.5 Å². The summed E-state index contributed by atoms with van der Waals surface area (Å²) in [6.07, 6.45) is 6.61. The smallest absolute Gasteiger partial charge is 0.0300 e. The highest BCUT2D eigenvalue weighted by Gasteiger charge is 2.14. The van der Waals surface area contributed by atoms with Crippen molar-refractivity contribution in [3.05, 3.63) is 21.4 Å². The van der Waals surface area contributed by atoms with Gasteiger partial charge in [0.25, 0.3) is 0 Å². The van der Waals surface area contributed by atoms with E-state index in [1.54, 1.807) is 10.4 Å². The van der Waals surface area contributed by atoms with E-state index in [4.69, 9.17) is 0 Å². The molecule has 0 saturated carbocycles. The third kappa shape index (κ3) is 2.86. The molecule has 1 N–H and O–H groups in total. The SMILES string of the molecule is CCC(CC)CNCc1cc2c(s1)CCC2. The van der Waals surface area contributed by atoms with Gasteiger partial charge in [0.15, 0.2) is 0 Å². The zero-order valence-corrected chi connectivity index (χ0v) is 11.3. The first-order chi connectivity index (χ1) is 7.83. The first-order valence-electron chi connectivity index (χ1n) is 6.64. The van der Waals surface area contributed by atoms with Crippen LogP contribution in [-0.4, -0.2) is 6.54 Å². The van der Waals surface area contributed by atoms with E-state index < -0.39 is 0 Å². The molecule has 0 atom stereocenters. The fourth-order valence-electron chi connectivity index (χ4n) is 2.45. The van der Waals surface area contributed by atoms with Crippen LogP contribution in [-0.2, 0) is 19.4 Å². The molecule has 2 heteroatoms. The molecule has 1 nitrogen and oxygen atoms in total. The number of hydrogen-bond donors (Lipinski definition) is 1. The lowest BCUT2D eigenvalue weighted by molar-refractivity contribution is 0.450. The van der Waals surface area contributed by atoms with Crippen LogP contribution in [0.4, 0.5) is 0 Å². The van der Waals surface area contributed by atoms with Crippen molar-refractivity contribution in [2.75, 3.05) is 6.54 Å². The lowest BCUT2D eigenvalue weighted by atomic mass is 10.0. The van der Waals surface area contributed by atoms with Crippen LogP contribution in [0.5, 0.6) is 0 Å². The van der Waals surface area contributed by atoms with E-state index in [-0.39, 0.29) is 0 Å². The fourth-order valence-corrected chi connectivity index (χ4v) is 3.68. The lowest BCUT2D eigenvalue weighted by Crippen LogP contribution is -2.21. The summed E-state index contributed by atoms with van der Waals surface area (Å²) in [6, 6.07) is 2.42. The molecule has 0 bridgehead atoms. The van der Waals surface area contributed by atoms with Crippen LogP contribution in [0.2, 0.25) is 0 Å². The highest BCUT2D eigenvalue weighted by Crippen LogP contribution is 2.30. The lowest BCUT2D eigenvalue weighted by Gasteiger charge is -2.12. The molecule has 0 saturated heterocycles. The minimum absolute atomic E-state index is 0.854. The van der Waals surface area contributed by atoms with Crippen LogP contribution in [0.25, 0.3) is 0 Å². The first-order valence-corrected chi connectivity index (χ1v) is 7.46. The molecule has 0 unspecified atom stereocenters. The van der Waals surface area contributed by atoms with Gasteiger partial charge in [-0.05, 0) is 43.4 Å². The Morgan fingerprint density at radius 1 is 1.31 bits per heavy atom. The maximum Gasteiger partial charge on any atom is 0.0300 e. The Morgan fingerprint density at radius 2 is 2.12 bits per heavy atom. The predicted octanol–water partition coefficient (Wildman–Crippen LogP) is 3.76. The summed E-state index contributed by atoms with van der Waals surface area (Å²) < 4.78 is 0. The molecular weight excluding hydrogens is 214 g/mol. The van der Waals surface area contributed by atoms with E-state index in [0.29, 0.717) is 0 Å². The molecule has 1 aliphatic carbocycles. The molecule has 0 amide bonds. The highest BCUT2D eigenvalue weighted by molar-refractivity contribution is 7.12. The second kappa shape index (κ2) is 5.83. The van der Waals surface area contributed by atoms with Crippen LogP contribution in [0.3, 0.4) is 0 Å². The highest BCUT2D eigenvalue weighted by atomic mass is 32.1. The second-order valence-electron chi connectivity index (χ2n) is 4.83. The van der Waals surface area contributed by atoms with Crippen molar-refractivity contribution in [3.63, 3.8) is 0 Å². The molecule has 1 aromatic heterocycles. The molecule has 2 rings (SSSR count). The standard InChI is InChI=1S/C14H23NS/c1-3-11(4-2)9-15-10-13-8-12-6-5-7-14(12)16-13/h8,11,15H,3-7,9-10H2,1-2H3. The minimum Gasteiger partial charge on any atom is -0.312 e. The van der Waals surface area contributed by atoms with Crippen molar-refractivity contribution >= 4 is 11.3 Å². The Hall–Kier alpha value is -0.340. The topological polar surface area (TPSA) is 12.0 Å². The number of thiophene rings is 1. The second-order valence-corrected chi connectivity index (χ2v) is 6.05. The Kier molecular flexibility index (Phi) is 4.42. The van der Waals surface area contributed by atoms with Gasteiger partial charge in [0.1, 0.15) is 0 Å². The number of hydrogen-bond acceptors (Lipinski definition) is 2. The summed E-state index contributed by atoms with van der Waals surface area (Å²) in [5, 5.41) is 3.60. The number of aryl methyl sites for hydroxylation is 2. The first kappa shape index (κ1) is 12.1. The summed E-state index contributed by atoms with van der Waals surface area (Å²) >= 11 is 2.03. The van der Waals surface area contributed by atoms with Gasteiger partial charge < -0.3 is 5.32 Å². The Bertz CT molecular complexity index is 304. The number of rotatable bonds is 6. The van der Waals surface area contributed by atoms with Crippen molar-refractivity contribution in [2.45, 2.75) is 52.5 Å². The van der Waals surface area contributed by atoms with Gasteiger partial charge in [-0.15, -0.1) is 11.3 Å². The van der Waals surface area contributed by atoms with E-state index in [1.165, 1.54) is 43.5 Å². The van der Waals surface area contributed by atoms with Crippen LogP contribution < -0.4 is 5.32 Å². The van der Waals surface area contributed by atoms with Gasteiger partial charge >= 0.3 is 0 Å². The van der Waals surface area contributed by atoms with Crippen molar-refractivity contribution in [1.29, 1.82) is 0 Å². The van der Waals surface area contributed by atoms with Gasteiger partial charge in [-0.1, -0.05) is 26.7 Å². The van der Waals surface area contributed by atoms with Crippen LogP contribution in [0, 0.1) is 5.92 Å². The van der Waals surface area contributed by atoms with Gasteiger partial charge in [0.05, 0.1) is 0 Å². The average molecular weight is 237 g/mol. The fraction of sp³-hybridized carbons (Fsp3) is 0.714. The van der Waals surface area contributed by atoms with Crippen molar-refractivity contribution in [3.8, 4) is 0 Å². The van der Waals surface area contributed by atoms with Crippen LogP contribution in [0.15, 0.2) is 6.07 Å². The van der Waals surface area contributed by atoms with Crippen LogP contribution in [0.1, 0.15) is 48.4 Å². The summed E-state index contributed by atoms with van der Waals surface area (Å²) in [4.78, 5) is 3.19. The van der Waals surface area contributed by atoms with Crippen molar-refractivity contribution < 1.29 is 0 Å². The number of fused-ring (bicyclic) bond motifs is 1. The normalized spacial score (nSPS) is 14.7. The zero-order valence-electron chi connectivity index (χ0n) is 10.5. The average Bonchev–Trinajstić information content (AvgIpc) is 2.84. The third-order valence-corrected chi connectivity index (χ3v) is 4.92. The Morgan fingerprint density at radius 3 is 2.81 bits per heavy atom. The van der Waals surface area contributed by atoms with E-state index in [2.05, 4.69) is 25.2 Å². The summed E-state index contributed by atoms with van der Waals surface area (Å²) in [6.45, 7) is 6.83. The molecule has 16 heavy (non-hydrogen) atoms. The maximum absolute atomic E-state index is 3.60. The summed E-state index contributed by atoms with van der Waals surface area (Å²) in [7, 11) is 0. The van der Waals surface area contributed by atoms with Gasteiger partial charge in [0.2, 0.25) is 0 Å². The Labute approximate surface area is 103 Å². The quantitative estimate of drug-likeness (QED) is 0.794. The molecule has 1 aliphatic rings. The van der Waals surface area contributed by atoms with E-state index in [9.17, 15) is 0 Å². The molecule has 90 valence electrons. The van der Waals surface area contributed by atoms with Crippen molar-refractivity contribution in [2.24, 2.45) is 5.92 Å². The summed E-state index contributed by atoms with van der Waals surface area (Å²) in [5.74, 6) is 0.854. The molecule has 0 radical (unpaired) electrons. The molecule has 0 aliphatic heterocycles. The maximum atomic E-state index is 3.60. The molecule has 1 heterocycles. The Balaban J connectivity index is 1.77.